The fraction of sp³-hybridized carbons (Fsp3) is 0.235. The van der Waals surface area contributed by atoms with Gasteiger partial charge in [-0.1, -0.05) is 24.3 Å². The van der Waals surface area contributed by atoms with Crippen LogP contribution in [-0.4, -0.2) is 44.2 Å². The molecule has 0 spiro atoms. The summed E-state index contributed by atoms with van der Waals surface area (Å²) < 4.78 is 39.7. The largest absolute Gasteiger partial charge is 0.301 e. The summed E-state index contributed by atoms with van der Waals surface area (Å²) in [5.74, 6) is -0.952. The number of rotatable bonds is 4. The van der Waals surface area contributed by atoms with Crippen LogP contribution in [0.1, 0.15) is 22.0 Å². The molecule has 0 radical (unpaired) electrons. The van der Waals surface area contributed by atoms with Crippen LogP contribution >= 0.6 is 0 Å². The number of halogens is 1. The topological polar surface area (TPSA) is 57.7 Å². The first kappa shape index (κ1) is 16.6. The molecule has 1 heterocycles. The Morgan fingerprint density at radius 3 is 2.46 bits per heavy atom. The molecule has 1 aliphatic heterocycles. The highest BCUT2D eigenvalue weighted by Crippen LogP contribution is 2.32. The summed E-state index contributed by atoms with van der Waals surface area (Å²) >= 11 is 0. The van der Waals surface area contributed by atoms with E-state index in [2.05, 4.69) is 0 Å². The average molecular weight is 348 g/mol. The molecule has 5 nitrogen and oxygen atoms in total. The second kappa shape index (κ2) is 5.99. The van der Waals surface area contributed by atoms with E-state index in [1.165, 1.54) is 24.3 Å². The molecule has 7 heteroatoms. The molecule has 0 aromatic heterocycles. The molecule has 0 N–H and O–H groups in total. The van der Waals surface area contributed by atoms with Crippen LogP contribution in [0, 0.1) is 5.82 Å². The molecule has 2 aromatic carbocycles. The van der Waals surface area contributed by atoms with E-state index in [-0.39, 0.29) is 17.0 Å². The minimum atomic E-state index is -3.88. The standard InChI is InChI=1S/C17H17FN2O3S/c1-19(2)15(12-6-5-7-13(18)10-12)11-20-17(21)14-8-3-4-9-16(14)24(20,22)23/h3-10,15H,11H2,1-2H3/t15-/m1/s1. The molecule has 1 amide bonds. The van der Waals surface area contributed by atoms with Crippen molar-refractivity contribution < 1.29 is 17.6 Å². The van der Waals surface area contributed by atoms with Gasteiger partial charge in [0.15, 0.2) is 0 Å². The molecular formula is C17H17FN2O3S. The maximum atomic E-state index is 13.5. The van der Waals surface area contributed by atoms with Crippen molar-refractivity contribution in [3.05, 3.63) is 65.5 Å². The van der Waals surface area contributed by atoms with Gasteiger partial charge in [0, 0.05) is 0 Å². The fourth-order valence-corrected chi connectivity index (χ4v) is 4.42. The molecule has 0 fully saturated rings. The van der Waals surface area contributed by atoms with Crippen molar-refractivity contribution in [3.8, 4) is 0 Å². The maximum Gasteiger partial charge on any atom is 0.269 e. The van der Waals surface area contributed by atoms with E-state index in [0.717, 1.165) is 4.31 Å². The monoisotopic (exact) mass is 348 g/mol. The summed E-state index contributed by atoms with van der Waals surface area (Å²) in [5, 5.41) is 0. The Bertz CT molecular complexity index is 896. The SMILES string of the molecule is CN(C)[C@H](CN1C(=O)c2ccccc2S1(=O)=O)c1cccc(F)c1. The second-order valence-electron chi connectivity index (χ2n) is 5.87. The van der Waals surface area contributed by atoms with Gasteiger partial charge in [-0.05, 0) is 43.9 Å². The van der Waals surface area contributed by atoms with Gasteiger partial charge in [-0.3, -0.25) is 4.79 Å². The van der Waals surface area contributed by atoms with E-state index in [1.807, 2.05) is 0 Å². The Balaban J connectivity index is 1.99. The van der Waals surface area contributed by atoms with E-state index >= 15 is 0 Å². The van der Waals surface area contributed by atoms with Crippen molar-refractivity contribution in [1.29, 1.82) is 0 Å². The third-order valence-corrected chi connectivity index (χ3v) is 5.91. The molecule has 0 saturated heterocycles. The average Bonchev–Trinajstić information content (AvgIpc) is 2.72. The van der Waals surface area contributed by atoms with E-state index < -0.39 is 27.8 Å². The number of amides is 1. The van der Waals surface area contributed by atoms with Crippen LogP contribution in [0.3, 0.4) is 0 Å². The lowest BCUT2D eigenvalue weighted by molar-refractivity contribution is 0.0845. The zero-order valence-electron chi connectivity index (χ0n) is 13.3. The molecule has 0 saturated carbocycles. The summed E-state index contributed by atoms with van der Waals surface area (Å²) in [5.41, 5.74) is 0.785. The van der Waals surface area contributed by atoms with Gasteiger partial charge >= 0.3 is 0 Å². The van der Waals surface area contributed by atoms with Crippen molar-refractivity contribution >= 4 is 15.9 Å². The summed E-state index contributed by atoms with van der Waals surface area (Å²) in [6, 6.07) is 11.7. The first-order chi connectivity index (χ1) is 11.3. The Labute approximate surface area is 140 Å². The summed E-state index contributed by atoms with van der Waals surface area (Å²) in [6.45, 7) is -0.0771. The van der Waals surface area contributed by atoms with E-state index in [9.17, 15) is 17.6 Å². The highest BCUT2D eigenvalue weighted by atomic mass is 32.2. The Morgan fingerprint density at radius 1 is 1.12 bits per heavy atom. The number of fused-ring (bicyclic) bond motifs is 1. The Kier molecular flexibility index (Phi) is 4.15. The van der Waals surface area contributed by atoms with Gasteiger partial charge in [0.25, 0.3) is 15.9 Å². The first-order valence-corrected chi connectivity index (χ1v) is 8.84. The van der Waals surface area contributed by atoms with Crippen LogP contribution < -0.4 is 0 Å². The third-order valence-electron chi connectivity index (χ3n) is 4.11. The van der Waals surface area contributed by atoms with Gasteiger partial charge in [-0.2, -0.15) is 0 Å². The van der Waals surface area contributed by atoms with Gasteiger partial charge in [-0.15, -0.1) is 0 Å². The van der Waals surface area contributed by atoms with Gasteiger partial charge in [0.2, 0.25) is 0 Å². The molecule has 3 rings (SSSR count). The van der Waals surface area contributed by atoms with Crippen LogP contribution in [0.25, 0.3) is 0 Å². The highest BCUT2D eigenvalue weighted by molar-refractivity contribution is 7.90. The molecule has 2 aromatic rings. The van der Waals surface area contributed by atoms with Crippen molar-refractivity contribution in [2.45, 2.75) is 10.9 Å². The number of likely N-dealkylation sites (N-methyl/N-ethyl adjacent to an activating group) is 1. The molecule has 0 bridgehead atoms. The molecule has 0 aliphatic carbocycles. The highest BCUT2D eigenvalue weighted by Gasteiger charge is 2.42. The second-order valence-corrected chi connectivity index (χ2v) is 7.70. The zero-order valence-corrected chi connectivity index (χ0v) is 14.1. The van der Waals surface area contributed by atoms with Gasteiger partial charge in [0.1, 0.15) is 10.7 Å². The van der Waals surface area contributed by atoms with Crippen LogP contribution in [0.2, 0.25) is 0 Å². The molecule has 24 heavy (non-hydrogen) atoms. The lowest BCUT2D eigenvalue weighted by atomic mass is 10.1. The van der Waals surface area contributed by atoms with Crippen molar-refractivity contribution in [1.82, 2.24) is 9.21 Å². The Morgan fingerprint density at radius 2 is 1.83 bits per heavy atom. The number of carbonyl (C=O) groups is 1. The number of carbonyl (C=O) groups excluding carboxylic acids is 1. The van der Waals surface area contributed by atoms with Crippen molar-refractivity contribution in [2.24, 2.45) is 0 Å². The lowest BCUT2D eigenvalue weighted by Crippen LogP contribution is -2.38. The van der Waals surface area contributed by atoms with Crippen molar-refractivity contribution in [3.63, 3.8) is 0 Å². The van der Waals surface area contributed by atoms with Crippen LogP contribution in [0.5, 0.6) is 0 Å². The van der Waals surface area contributed by atoms with E-state index in [1.54, 1.807) is 43.3 Å². The molecule has 1 atom stereocenters. The number of sulfonamides is 1. The maximum absolute atomic E-state index is 13.5. The van der Waals surface area contributed by atoms with E-state index in [0.29, 0.717) is 5.56 Å². The van der Waals surface area contributed by atoms with Crippen molar-refractivity contribution in [2.75, 3.05) is 20.6 Å². The predicted octanol–water partition coefficient (Wildman–Crippen LogP) is 2.27. The summed E-state index contributed by atoms with van der Waals surface area (Å²) in [7, 11) is -0.359. The minimum absolute atomic E-state index is 0.0201. The third kappa shape index (κ3) is 2.70. The number of nitrogens with zero attached hydrogens (tertiary/aromatic N) is 2. The minimum Gasteiger partial charge on any atom is -0.301 e. The predicted molar refractivity (Wildman–Crippen MR) is 87.5 cm³/mol. The molecule has 1 aliphatic rings. The van der Waals surface area contributed by atoms with Gasteiger partial charge < -0.3 is 4.90 Å². The Hall–Kier alpha value is -2.25. The normalized spacial score (nSPS) is 17.2. The number of benzene rings is 2. The first-order valence-electron chi connectivity index (χ1n) is 7.40. The smallest absolute Gasteiger partial charge is 0.269 e. The zero-order chi connectivity index (χ0) is 17.5. The van der Waals surface area contributed by atoms with Gasteiger partial charge in [-0.25, -0.2) is 17.1 Å². The van der Waals surface area contributed by atoms with E-state index in [4.69, 9.17) is 0 Å². The summed E-state index contributed by atoms with van der Waals surface area (Å²) in [4.78, 5) is 14.3. The lowest BCUT2D eigenvalue weighted by Gasteiger charge is -2.28. The number of hydrogen-bond donors (Lipinski definition) is 0. The van der Waals surface area contributed by atoms with Crippen LogP contribution in [0.4, 0.5) is 4.39 Å². The van der Waals surface area contributed by atoms with Crippen LogP contribution in [-0.2, 0) is 10.0 Å². The molecular weight excluding hydrogens is 331 g/mol. The fourth-order valence-electron chi connectivity index (χ4n) is 2.85. The van der Waals surface area contributed by atoms with Gasteiger partial charge in [0.05, 0.1) is 18.2 Å². The molecule has 126 valence electrons. The molecule has 0 unspecified atom stereocenters. The quantitative estimate of drug-likeness (QED) is 0.851. The van der Waals surface area contributed by atoms with Crippen LogP contribution in [0.15, 0.2) is 53.4 Å². The number of hydrogen-bond acceptors (Lipinski definition) is 4. The summed E-state index contributed by atoms with van der Waals surface area (Å²) in [6.07, 6.45) is 0.